The van der Waals surface area contributed by atoms with Gasteiger partial charge in [0, 0.05) is 25.4 Å². The molecule has 2 rings (SSSR count). The van der Waals surface area contributed by atoms with Gasteiger partial charge in [-0.1, -0.05) is 125 Å². The van der Waals surface area contributed by atoms with Gasteiger partial charge >= 0.3 is 5.97 Å². The van der Waals surface area contributed by atoms with Crippen molar-refractivity contribution in [3.05, 3.63) is 71.8 Å². The van der Waals surface area contributed by atoms with Crippen LogP contribution in [0.15, 0.2) is 60.7 Å². The lowest BCUT2D eigenvalue weighted by atomic mass is 9.85. The number of hydrogen-bond donors (Lipinski definition) is 2. The monoisotopic (exact) mass is 578 g/mol. The minimum atomic E-state index is -0.434. The molecule has 0 heterocycles. The molecule has 0 fully saturated rings. The Morgan fingerprint density at radius 1 is 0.643 bits per heavy atom. The molecule has 0 saturated heterocycles. The second-order valence-electron chi connectivity index (χ2n) is 11.3. The molecule has 0 spiro atoms. The largest absolute Gasteiger partial charge is 0.466 e. The molecule has 2 aromatic rings. The third kappa shape index (κ3) is 15.7. The van der Waals surface area contributed by atoms with E-state index in [1.807, 2.05) is 60.7 Å². The Morgan fingerprint density at radius 3 is 1.71 bits per heavy atom. The van der Waals surface area contributed by atoms with Gasteiger partial charge in [-0.15, -0.1) is 0 Å². The molecular weight excluding hydrogens is 524 g/mol. The first-order valence-electron chi connectivity index (χ1n) is 16.3. The van der Waals surface area contributed by atoms with Crippen molar-refractivity contribution in [1.82, 2.24) is 10.6 Å². The fourth-order valence-electron chi connectivity index (χ4n) is 5.32. The smallest absolute Gasteiger partial charge is 0.309 e. The number of ether oxygens (including phenoxy) is 1. The summed E-state index contributed by atoms with van der Waals surface area (Å²) in [6.07, 6.45) is 14.3. The molecule has 0 aliphatic rings. The number of amides is 2. The molecule has 0 bridgehead atoms. The van der Waals surface area contributed by atoms with E-state index < -0.39 is 11.8 Å². The van der Waals surface area contributed by atoms with Crippen LogP contribution in [0.25, 0.3) is 0 Å². The van der Waals surface area contributed by atoms with Gasteiger partial charge in [-0.25, -0.2) is 0 Å². The molecule has 2 aromatic carbocycles. The summed E-state index contributed by atoms with van der Waals surface area (Å²) in [6, 6.07) is 19.7. The summed E-state index contributed by atoms with van der Waals surface area (Å²) in [5.74, 6) is -1.31. The van der Waals surface area contributed by atoms with Crippen molar-refractivity contribution in [1.29, 1.82) is 0 Å². The van der Waals surface area contributed by atoms with Gasteiger partial charge in [-0.05, 0) is 43.7 Å². The van der Waals surface area contributed by atoms with E-state index in [2.05, 4.69) is 17.6 Å². The van der Waals surface area contributed by atoms with Crippen molar-refractivity contribution in [2.75, 3.05) is 19.7 Å². The molecule has 2 atom stereocenters. The zero-order chi connectivity index (χ0) is 30.3. The Kier molecular flexibility index (Phi) is 18.7. The maximum absolute atomic E-state index is 13.4. The van der Waals surface area contributed by atoms with Gasteiger partial charge in [-0.2, -0.15) is 0 Å². The predicted octanol–water partition coefficient (Wildman–Crippen LogP) is 7.20. The first kappa shape index (κ1) is 35.0. The van der Waals surface area contributed by atoms with Crippen LogP contribution in [0.4, 0.5) is 0 Å². The minimum absolute atomic E-state index is 0.0423. The van der Waals surface area contributed by atoms with E-state index >= 15 is 0 Å². The summed E-state index contributed by atoms with van der Waals surface area (Å²) < 4.78 is 5.39. The van der Waals surface area contributed by atoms with Crippen LogP contribution >= 0.6 is 0 Å². The SMILES string of the molecule is CCCCCCCCCCCCNC(=O)CCNC(=O)[C@H](Cc1ccccc1)C[C@@H](Cc1ccccc1)C(=O)OCC. The third-order valence-electron chi connectivity index (χ3n) is 7.71. The lowest BCUT2D eigenvalue weighted by Crippen LogP contribution is -2.37. The lowest BCUT2D eigenvalue weighted by molar-refractivity contribution is -0.148. The fraction of sp³-hybridized carbons (Fsp3) is 0.583. The highest BCUT2D eigenvalue weighted by atomic mass is 16.5. The zero-order valence-corrected chi connectivity index (χ0v) is 26.1. The van der Waals surface area contributed by atoms with Crippen molar-refractivity contribution in [3.63, 3.8) is 0 Å². The predicted molar refractivity (Wildman–Crippen MR) is 171 cm³/mol. The molecule has 2 N–H and O–H groups in total. The maximum Gasteiger partial charge on any atom is 0.309 e. The van der Waals surface area contributed by atoms with Crippen LogP contribution in [-0.2, 0) is 32.0 Å². The van der Waals surface area contributed by atoms with Crippen LogP contribution in [-0.4, -0.2) is 37.5 Å². The first-order chi connectivity index (χ1) is 20.5. The number of benzene rings is 2. The number of carbonyl (C=O) groups is 3. The molecule has 0 radical (unpaired) electrons. The van der Waals surface area contributed by atoms with Crippen molar-refractivity contribution >= 4 is 17.8 Å². The number of carbonyl (C=O) groups excluding carboxylic acids is 3. The lowest BCUT2D eigenvalue weighted by Gasteiger charge is -2.22. The van der Waals surface area contributed by atoms with E-state index in [1.54, 1.807) is 6.92 Å². The van der Waals surface area contributed by atoms with Gasteiger partial charge in [0.05, 0.1) is 12.5 Å². The molecular formula is C36H54N2O4. The van der Waals surface area contributed by atoms with E-state index in [4.69, 9.17) is 4.74 Å². The summed E-state index contributed by atoms with van der Waals surface area (Å²) >= 11 is 0. The average Bonchev–Trinajstić information content (AvgIpc) is 3.00. The van der Waals surface area contributed by atoms with Gasteiger partial charge < -0.3 is 15.4 Å². The van der Waals surface area contributed by atoms with E-state index in [0.717, 1.165) is 24.0 Å². The fourth-order valence-corrected chi connectivity index (χ4v) is 5.32. The normalized spacial score (nSPS) is 12.3. The summed E-state index contributed by atoms with van der Waals surface area (Å²) in [4.78, 5) is 38.6. The van der Waals surface area contributed by atoms with E-state index in [0.29, 0.717) is 32.4 Å². The van der Waals surface area contributed by atoms with Gasteiger partial charge in [-0.3, -0.25) is 14.4 Å². The third-order valence-corrected chi connectivity index (χ3v) is 7.71. The minimum Gasteiger partial charge on any atom is -0.466 e. The first-order valence-corrected chi connectivity index (χ1v) is 16.3. The topological polar surface area (TPSA) is 84.5 Å². The van der Waals surface area contributed by atoms with Crippen LogP contribution in [0.3, 0.4) is 0 Å². The Hall–Kier alpha value is -3.15. The highest BCUT2D eigenvalue weighted by Crippen LogP contribution is 2.23. The van der Waals surface area contributed by atoms with Crippen LogP contribution in [0.1, 0.15) is 102 Å². The Labute approximate surface area is 254 Å². The van der Waals surface area contributed by atoms with Crippen molar-refractivity contribution < 1.29 is 19.1 Å². The summed E-state index contributed by atoms with van der Waals surface area (Å²) in [5, 5.41) is 5.95. The number of unbranched alkanes of at least 4 members (excludes halogenated alkanes) is 9. The molecule has 0 saturated carbocycles. The van der Waals surface area contributed by atoms with Crippen molar-refractivity contribution in [2.24, 2.45) is 11.8 Å². The Bertz CT molecular complexity index is 996. The van der Waals surface area contributed by atoms with E-state index in [9.17, 15) is 14.4 Å². The molecule has 42 heavy (non-hydrogen) atoms. The summed E-state index contributed by atoms with van der Waals surface area (Å²) in [7, 11) is 0. The Balaban J connectivity index is 1.79. The number of esters is 1. The van der Waals surface area contributed by atoms with Crippen LogP contribution in [0.2, 0.25) is 0 Å². The van der Waals surface area contributed by atoms with Crippen molar-refractivity contribution in [3.8, 4) is 0 Å². The van der Waals surface area contributed by atoms with Gasteiger partial charge in [0.15, 0.2) is 0 Å². The van der Waals surface area contributed by atoms with Gasteiger partial charge in [0.25, 0.3) is 0 Å². The van der Waals surface area contributed by atoms with E-state index in [-0.39, 0.29) is 30.7 Å². The van der Waals surface area contributed by atoms with Crippen LogP contribution < -0.4 is 10.6 Å². The molecule has 6 nitrogen and oxygen atoms in total. The molecule has 2 amide bonds. The maximum atomic E-state index is 13.4. The zero-order valence-electron chi connectivity index (χ0n) is 26.1. The summed E-state index contributed by atoms with van der Waals surface area (Å²) in [5.41, 5.74) is 2.07. The molecule has 0 aliphatic heterocycles. The molecule has 6 heteroatoms. The summed E-state index contributed by atoms with van der Waals surface area (Å²) in [6.45, 7) is 5.30. The van der Waals surface area contributed by atoms with Crippen LogP contribution in [0, 0.1) is 11.8 Å². The van der Waals surface area contributed by atoms with E-state index in [1.165, 1.54) is 51.4 Å². The number of rotatable bonds is 23. The second-order valence-corrected chi connectivity index (χ2v) is 11.3. The van der Waals surface area contributed by atoms with Gasteiger partial charge in [0.1, 0.15) is 0 Å². The number of hydrogen-bond acceptors (Lipinski definition) is 4. The standard InChI is InChI=1S/C36H54N2O4/c1-3-5-6-7-8-9-10-11-12-19-25-37-34(39)24-26-38-35(40)32(27-30-20-15-13-16-21-30)29-33(36(41)42-4-2)28-31-22-17-14-18-23-31/h13-18,20-23,32-33H,3-12,19,24-29H2,1-2H3,(H,37,39)(H,38,40)/t32-,33-/m1/s1. The number of nitrogens with one attached hydrogen (secondary N) is 2. The molecule has 0 unspecified atom stereocenters. The average molecular weight is 579 g/mol. The highest BCUT2D eigenvalue weighted by Gasteiger charge is 2.29. The molecule has 0 aliphatic carbocycles. The van der Waals surface area contributed by atoms with Crippen molar-refractivity contribution in [2.45, 2.75) is 104 Å². The Morgan fingerprint density at radius 2 is 1.17 bits per heavy atom. The highest BCUT2D eigenvalue weighted by molar-refractivity contribution is 5.81. The quantitative estimate of drug-likeness (QED) is 0.108. The second kappa shape index (κ2) is 22.4. The molecule has 0 aromatic heterocycles. The molecule has 232 valence electrons. The van der Waals surface area contributed by atoms with Gasteiger partial charge in [0.2, 0.25) is 11.8 Å². The van der Waals surface area contributed by atoms with Crippen LogP contribution in [0.5, 0.6) is 0 Å².